The monoisotopic (exact) mass is 543 g/mol. The predicted molar refractivity (Wildman–Crippen MR) is 135 cm³/mol. The summed E-state index contributed by atoms with van der Waals surface area (Å²) < 4.78 is 30.4. The maximum atomic E-state index is 13.4. The maximum Gasteiger partial charge on any atom is 0.360 e. The molecule has 0 bridgehead atoms. The molecule has 12 nitrogen and oxygen atoms in total. The standard InChI is InChI=1S/C27H29NO11/c1-34-17-11-7-15(8-12-17)19-20(23(29)36-3)22(25(31)38-5)28(16-9-13-18(35-2)14-10-16)27(33,26(32)39-6)21(19)24(30)37-4/h7-14,19,21,33H,1-6H3/t19?,21-,27-/m0/s1. The van der Waals surface area contributed by atoms with E-state index >= 15 is 0 Å². The summed E-state index contributed by atoms with van der Waals surface area (Å²) >= 11 is 0. The number of esters is 4. The van der Waals surface area contributed by atoms with Crippen molar-refractivity contribution >= 4 is 29.6 Å². The molecule has 1 aliphatic heterocycles. The first-order valence-electron chi connectivity index (χ1n) is 11.5. The van der Waals surface area contributed by atoms with Crippen molar-refractivity contribution in [1.29, 1.82) is 0 Å². The van der Waals surface area contributed by atoms with Gasteiger partial charge in [-0.25, -0.2) is 14.4 Å². The van der Waals surface area contributed by atoms with Gasteiger partial charge in [0.2, 0.25) is 0 Å². The summed E-state index contributed by atoms with van der Waals surface area (Å²) in [6.07, 6.45) is 0. The fourth-order valence-corrected chi connectivity index (χ4v) is 4.63. The van der Waals surface area contributed by atoms with E-state index in [9.17, 15) is 24.3 Å². The van der Waals surface area contributed by atoms with Crippen LogP contribution in [0.1, 0.15) is 11.5 Å². The second-order valence-corrected chi connectivity index (χ2v) is 8.25. The molecule has 3 atom stereocenters. The summed E-state index contributed by atoms with van der Waals surface area (Å²) in [5, 5.41) is 12.3. The number of nitrogens with zero attached hydrogens (tertiary/aromatic N) is 1. The smallest absolute Gasteiger partial charge is 0.360 e. The molecule has 2 aromatic carbocycles. The Morgan fingerprint density at radius 1 is 0.718 bits per heavy atom. The van der Waals surface area contributed by atoms with E-state index in [1.165, 1.54) is 50.6 Å². The third-order valence-corrected chi connectivity index (χ3v) is 6.43. The first kappa shape index (κ1) is 29.0. The van der Waals surface area contributed by atoms with Gasteiger partial charge in [-0.15, -0.1) is 0 Å². The third-order valence-electron chi connectivity index (χ3n) is 6.43. The van der Waals surface area contributed by atoms with E-state index in [-0.39, 0.29) is 16.8 Å². The Balaban J connectivity index is 2.56. The summed E-state index contributed by atoms with van der Waals surface area (Å²) in [5.41, 5.74) is -3.56. The topological polar surface area (TPSA) is 147 Å². The summed E-state index contributed by atoms with van der Waals surface area (Å²) in [4.78, 5) is 54.5. The molecule has 0 spiro atoms. The average molecular weight is 544 g/mol. The number of anilines is 1. The molecule has 2 aromatic rings. The molecule has 208 valence electrons. The van der Waals surface area contributed by atoms with Crippen LogP contribution >= 0.6 is 0 Å². The van der Waals surface area contributed by atoms with Crippen LogP contribution in [0.3, 0.4) is 0 Å². The number of hydrogen-bond acceptors (Lipinski definition) is 12. The van der Waals surface area contributed by atoms with Crippen molar-refractivity contribution in [1.82, 2.24) is 0 Å². The van der Waals surface area contributed by atoms with E-state index in [0.29, 0.717) is 11.5 Å². The normalized spacial score (nSPS) is 20.5. The van der Waals surface area contributed by atoms with Gasteiger partial charge in [0.05, 0.1) is 48.2 Å². The first-order valence-corrected chi connectivity index (χ1v) is 11.5. The molecule has 1 unspecified atom stereocenters. The predicted octanol–water partition coefficient (Wildman–Crippen LogP) is 1.56. The number of rotatable bonds is 8. The molecular weight excluding hydrogens is 514 g/mol. The number of hydrogen-bond donors (Lipinski definition) is 1. The Kier molecular flexibility index (Phi) is 8.81. The molecule has 0 saturated carbocycles. The molecule has 12 heteroatoms. The zero-order valence-electron chi connectivity index (χ0n) is 22.3. The molecule has 0 aromatic heterocycles. The Morgan fingerprint density at radius 3 is 1.67 bits per heavy atom. The van der Waals surface area contributed by atoms with Gasteiger partial charge < -0.3 is 33.5 Å². The number of benzene rings is 2. The molecule has 1 aliphatic rings. The van der Waals surface area contributed by atoms with Crippen molar-refractivity contribution in [3.05, 3.63) is 65.4 Å². The Morgan fingerprint density at radius 2 is 1.23 bits per heavy atom. The van der Waals surface area contributed by atoms with Crippen LogP contribution in [-0.4, -0.2) is 77.4 Å². The lowest BCUT2D eigenvalue weighted by atomic mass is 9.70. The zero-order valence-corrected chi connectivity index (χ0v) is 22.3. The van der Waals surface area contributed by atoms with E-state index in [4.69, 9.17) is 28.4 Å². The minimum absolute atomic E-state index is 0.0209. The summed E-state index contributed by atoms with van der Waals surface area (Å²) in [5.74, 6) is -6.92. The van der Waals surface area contributed by atoms with E-state index in [0.717, 1.165) is 33.3 Å². The van der Waals surface area contributed by atoms with Gasteiger partial charge in [-0.2, -0.15) is 0 Å². The van der Waals surface area contributed by atoms with Crippen LogP contribution in [0.2, 0.25) is 0 Å². The average Bonchev–Trinajstić information content (AvgIpc) is 2.98. The van der Waals surface area contributed by atoms with Crippen LogP contribution in [-0.2, 0) is 38.1 Å². The second kappa shape index (κ2) is 11.9. The highest BCUT2D eigenvalue weighted by atomic mass is 16.6. The van der Waals surface area contributed by atoms with E-state index in [1.54, 1.807) is 12.1 Å². The van der Waals surface area contributed by atoms with Crippen LogP contribution in [0.4, 0.5) is 5.69 Å². The molecule has 3 rings (SSSR count). The number of aliphatic hydroxyl groups is 1. The van der Waals surface area contributed by atoms with E-state index in [1.807, 2.05) is 0 Å². The maximum absolute atomic E-state index is 13.4. The number of carbonyl (C=O) groups excluding carboxylic acids is 4. The van der Waals surface area contributed by atoms with Gasteiger partial charge in [0.15, 0.2) is 0 Å². The summed E-state index contributed by atoms with van der Waals surface area (Å²) in [7, 11) is 7.08. The van der Waals surface area contributed by atoms with Crippen molar-refractivity contribution in [2.24, 2.45) is 5.92 Å². The lowest BCUT2D eigenvalue weighted by Gasteiger charge is -2.49. The molecule has 39 heavy (non-hydrogen) atoms. The van der Waals surface area contributed by atoms with Gasteiger partial charge >= 0.3 is 23.9 Å². The lowest BCUT2D eigenvalue weighted by molar-refractivity contribution is -0.181. The minimum atomic E-state index is -2.91. The van der Waals surface area contributed by atoms with Crippen LogP contribution in [0.25, 0.3) is 0 Å². The van der Waals surface area contributed by atoms with Crippen molar-refractivity contribution in [3.8, 4) is 11.5 Å². The molecule has 0 aliphatic carbocycles. The summed E-state index contributed by atoms with van der Waals surface area (Å²) in [6, 6.07) is 11.9. The summed E-state index contributed by atoms with van der Waals surface area (Å²) in [6.45, 7) is 0. The van der Waals surface area contributed by atoms with Crippen LogP contribution in [0.15, 0.2) is 59.8 Å². The second-order valence-electron chi connectivity index (χ2n) is 8.25. The van der Waals surface area contributed by atoms with Crippen molar-refractivity contribution in [2.45, 2.75) is 11.6 Å². The largest absolute Gasteiger partial charge is 0.497 e. The Bertz CT molecular complexity index is 1270. The molecule has 1 heterocycles. The highest BCUT2D eigenvalue weighted by molar-refractivity contribution is 6.09. The molecule has 0 amide bonds. The zero-order chi connectivity index (χ0) is 28.9. The van der Waals surface area contributed by atoms with Crippen molar-refractivity contribution in [2.75, 3.05) is 47.6 Å². The molecule has 0 radical (unpaired) electrons. The number of methoxy groups -OCH3 is 6. The molecule has 0 fully saturated rings. The fraction of sp³-hybridized carbons (Fsp3) is 0.333. The first-order chi connectivity index (χ1) is 18.6. The molecule has 0 saturated heterocycles. The quantitative estimate of drug-likeness (QED) is 0.381. The van der Waals surface area contributed by atoms with Gasteiger partial charge in [0.25, 0.3) is 5.72 Å². The van der Waals surface area contributed by atoms with Gasteiger partial charge in [0.1, 0.15) is 23.1 Å². The Labute approximate surface area is 224 Å². The van der Waals surface area contributed by atoms with Crippen molar-refractivity contribution < 1.29 is 52.7 Å². The fourth-order valence-electron chi connectivity index (χ4n) is 4.63. The van der Waals surface area contributed by atoms with Crippen LogP contribution < -0.4 is 14.4 Å². The Hall–Kier alpha value is -4.58. The van der Waals surface area contributed by atoms with Crippen molar-refractivity contribution in [3.63, 3.8) is 0 Å². The van der Waals surface area contributed by atoms with Gasteiger partial charge in [-0.3, -0.25) is 9.69 Å². The van der Waals surface area contributed by atoms with Gasteiger partial charge in [-0.05, 0) is 42.0 Å². The number of carbonyl (C=O) groups is 4. The molecular formula is C27H29NO11. The van der Waals surface area contributed by atoms with Gasteiger partial charge in [-0.1, -0.05) is 12.1 Å². The lowest BCUT2D eigenvalue weighted by Crippen LogP contribution is -2.67. The third kappa shape index (κ3) is 4.98. The highest BCUT2D eigenvalue weighted by Gasteiger charge is 2.65. The van der Waals surface area contributed by atoms with Gasteiger partial charge in [0, 0.05) is 11.6 Å². The van der Waals surface area contributed by atoms with Crippen LogP contribution in [0.5, 0.6) is 11.5 Å². The highest BCUT2D eigenvalue weighted by Crippen LogP contribution is 2.50. The van der Waals surface area contributed by atoms with Crippen LogP contribution in [0, 0.1) is 5.92 Å². The van der Waals surface area contributed by atoms with E-state index in [2.05, 4.69) is 0 Å². The molecule has 1 N–H and O–H groups in total. The SMILES string of the molecule is COC(=O)C1=C(C(=O)OC)N(c2ccc(OC)cc2)[C@@](O)(C(=O)OC)[C@H](C(=O)OC)C1c1ccc(OC)cc1. The van der Waals surface area contributed by atoms with E-state index < -0.39 is 47.1 Å². The minimum Gasteiger partial charge on any atom is -0.497 e. The number of ether oxygens (including phenoxy) is 6.